The molecule has 1 N–H and O–H groups in total. The highest BCUT2D eigenvalue weighted by Crippen LogP contribution is 2.40. The first-order chi connectivity index (χ1) is 5.66. The average molecular weight is 170 g/mol. The molecule has 2 heteroatoms. The first kappa shape index (κ1) is 8.52. The predicted octanol–water partition coefficient (Wildman–Crippen LogP) is 1.14. The van der Waals surface area contributed by atoms with Gasteiger partial charge < -0.3 is 9.59 Å². The van der Waals surface area contributed by atoms with Gasteiger partial charge in [0.15, 0.2) is 0 Å². The first-order valence-corrected chi connectivity index (χ1v) is 5.19. The van der Waals surface area contributed by atoms with Crippen molar-refractivity contribution in [3.8, 4) is 0 Å². The summed E-state index contributed by atoms with van der Waals surface area (Å²) in [6.07, 6.45) is 4.76. The van der Waals surface area contributed by atoms with Gasteiger partial charge >= 0.3 is 0 Å². The Morgan fingerprint density at radius 2 is 1.75 bits per heavy atom. The van der Waals surface area contributed by atoms with Crippen LogP contribution in [0.5, 0.6) is 0 Å². The zero-order valence-electron chi connectivity index (χ0n) is 8.16. The van der Waals surface area contributed by atoms with Gasteiger partial charge in [0.2, 0.25) is 0 Å². The maximum absolute atomic E-state index is 9.61. The van der Waals surface area contributed by atoms with Crippen LogP contribution in [-0.4, -0.2) is 41.4 Å². The number of fused-ring (bicyclic) bond motifs is 2. The van der Waals surface area contributed by atoms with Crippen LogP contribution in [0.2, 0.25) is 0 Å². The Morgan fingerprint density at radius 3 is 2.17 bits per heavy atom. The van der Waals surface area contributed by atoms with Gasteiger partial charge in [0.25, 0.3) is 0 Å². The van der Waals surface area contributed by atoms with E-state index in [1.54, 1.807) is 0 Å². The van der Waals surface area contributed by atoms with Crippen LogP contribution >= 0.6 is 0 Å². The van der Waals surface area contributed by atoms with Crippen LogP contribution in [-0.2, 0) is 0 Å². The van der Waals surface area contributed by atoms with E-state index < -0.39 is 0 Å². The minimum atomic E-state index is 0.000231. The maximum atomic E-state index is 9.61. The number of piperidine rings is 1. The summed E-state index contributed by atoms with van der Waals surface area (Å²) in [5.74, 6) is 0. The topological polar surface area (TPSA) is 20.2 Å². The molecule has 0 aromatic carbocycles. The second-order valence-electron chi connectivity index (χ2n) is 4.67. The molecule has 0 aromatic rings. The summed E-state index contributed by atoms with van der Waals surface area (Å²) in [5.41, 5.74) is 0. The molecule has 0 unspecified atom stereocenters. The molecule has 12 heavy (non-hydrogen) atoms. The van der Waals surface area contributed by atoms with Gasteiger partial charge in [-0.3, -0.25) is 0 Å². The minimum absolute atomic E-state index is 0.000231. The highest BCUT2D eigenvalue weighted by molar-refractivity contribution is 4.85. The minimum Gasteiger partial charge on any atom is -0.393 e. The number of quaternary nitrogens is 1. The molecule has 0 amide bonds. The monoisotopic (exact) mass is 170 g/mol. The van der Waals surface area contributed by atoms with Crippen LogP contribution in [0, 0.1) is 0 Å². The van der Waals surface area contributed by atoms with Crippen molar-refractivity contribution in [3.63, 3.8) is 0 Å². The highest BCUT2D eigenvalue weighted by Gasteiger charge is 2.49. The van der Waals surface area contributed by atoms with Crippen molar-refractivity contribution in [2.24, 2.45) is 0 Å². The van der Waals surface area contributed by atoms with E-state index in [-0.39, 0.29) is 6.10 Å². The molecule has 0 spiro atoms. The van der Waals surface area contributed by atoms with Gasteiger partial charge in [0, 0.05) is 25.7 Å². The highest BCUT2D eigenvalue weighted by atomic mass is 16.3. The smallest absolute Gasteiger partial charge is 0.0917 e. The summed E-state index contributed by atoms with van der Waals surface area (Å²) in [4.78, 5) is 0. The lowest BCUT2D eigenvalue weighted by molar-refractivity contribution is -0.947. The van der Waals surface area contributed by atoms with Gasteiger partial charge in [-0.25, -0.2) is 0 Å². The molecule has 0 radical (unpaired) electrons. The largest absolute Gasteiger partial charge is 0.393 e. The Bertz CT molecular complexity index is 167. The molecule has 2 aliphatic rings. The van der Waals surface area contributed by atoms with Crippen LogP contribution in [0.15, 0.2) is 0 Å². The predicted molar refractivity (Wildman–Crippen MR) is 48.8 cm³/mol. The number of hydrogen-bond acceptors (Lipinski definition) is 1. The van der Waals surface area contributed by atoms with Crippen LogP contribution in [0.1, 0.15) is 32.6 Å². The van der Waals surface area contributed by atoms with Crippen molar-refractivity contribution in [2.45, 2.75) is 50.8 Å². The molecule has 0 aliphatic carbocycles. The molecule has 2 atom stereocenters. The Morgan fingerprint density at radius 1 is 1.25 bits per heavy atom. The molecule has 2 nitrogen and oxygen atoms in total. The average Bonchev–Trinajstić information content (AvgIpc) is 2.24. The van der Waals surface area contributed by atoms with Gasteiger partial charge in [-0.05, 0) is 6.92 Å². The van der Waals surface area contributed by atoms with E-state index in [2.05, 4.69) is 14.0 Å². The van der Waals surface area contributed by atoms with E-state index in [4.69, 9.17) is 0 Å². The molecule has 2 fully saturated rings. The van der Waals surface area contributed by atoms with E-state index >= 15 is 0 Å². The van der Waals surface area contributed by atoms with Crippen LogP contribution in [0.25, 0.3) is 0 Å². The SMILES string of the molecule is CC[N+]1(C)[C@H]2CC[C@H]1CC(O)C2. The van der Waals surface area contributed by atoms with Gasteiger partial charge in [-0.2, -0.15) is 0 Å². The van der Waals surface area contributed by atoms with E-state index in [1.165, 1.54) is 23.9 Å². The summed E-state index contributed by atoms with van der Waals surface area (Å²) in [6, 6.07) is 1.51. The van der Waals surface area contributed by atoms with Gasteiger partial charge in [-0.1, -0.05) is 0 Å². The summed E-state index contributed by atoms with van der Waals surface area (Å²) in [7, 11) is 2.37. The second-order valence-corrected chi connectivity index (χ2v) is 4.67. The zero-order chi connectivity index (χ0) is 8.77. The Balaban J connectivity index is 2.19. The molecular weight excluding hydrogens is 150 g/mol. The van der Waals surface area contributed by atoms with Crippen molar-refractivity contribution in [1.82, 2.24) is 0 Å². The standard InChI is InChI=1S/C10H20NO/c1-3-11(2)8-4-5-9(11)7-10(12)6-8/h8-10,12H,3-7H2,1-2H3/q+1/t8-,9-,10?,11?/m0/s1. The summed E-state index contributed by atoms with van der Waals surface area (Å²) < 4.78 is 1.23. The molecule has 0 aromatic heterocycles. The number of nitrogens with zero attached hydrogens (tertiary/aromatic N) is 1. The van der Waals surface area contributed by atoms with E-state index in [1.807, 2.05) is 0 Å². The number of aliphatic hydroxyl groups is 1. The lowest BCUT2D eigenvalue weighted by Gasteiger charge is -2.45. The third-order valence-electron chi connectivity index (χ3n) is 4.27. The van der Waals surface area contributed by atoms with Crippen molar-refractivity contribution in [3.05, 3.63) is 0 Å². The van der Waals surface area contributed by atoms with Gasteiger partial charge in [0.05, 0.1) is 31.8 Å². The molecule has 2 aliphatic heterocycles. The van der Waals surface area contributed by atoms with Crippen LogP contribution < -0.4 is 0 Å². The number of rotatable bonds is 1. The summed E-state index contributed by atoms with van der Waals surface area (Å²) >= 11 is 0. The zero-order valence-corrected chi connectivity index (χ0v) is 8.16. The van der Waals surface area contributed by atoms with Crippen molar-refractivity contribution < 1.29 is 9.59 Å². The third kappa shape index (κ3) is 1.01. The van der Waals surface area contributed by atoms with Crippen LogP contribution in [0.3, 0.4) is 0 Å². The molecule has 2 bridgehead atoms. The molecular formula is C10H20NO+. The fourth-order valence-corrected chi connectivity index (χ4v) is 3.23. The molecule has 0 saturated carbocycles. The van der Waals surface area contributed by atoms with Crippen LogP contribution in [0.4, 0.5) is 0 Å². The first-order valence-electron chi connectivity index (χ1n) is 5.19. The Hall–Kier alpha value is -0.0800. The van der Waals surface area contributed by atoms with E-state index in [0.717, 1.165) is 24.9 Å². The fraction of sp³-hybridized carbons (Fsp3) is 1.00. The van der Waals surface area contributed by atoms with Gasteiger partial charge in [-0.15, -0.1) is 0 Å². The lowest BCUT2D eigenvalue weighted by Crippen LogP contribution is -2.58. The van der Waals surface area contributed by atoms with E-state index in [9.17, 15) is 5.11 Å². The molecule has 2 saturated heterocycles. The number of hydrogen-bond donors (Lipinski definition) is 1. The van der Waals surface area contributed by atoms with E-state index in [0.29, 0.717) is 0 Å². The van der Waals surface area contributed by atoms with Gasteiger partial charge in [0.1, 0.15) is 0 Å². The summed E-state index contributed by atoms with van der Waals surface area (Å²) in [6.45, 7) is 3.52. The fourth-order valence-electron chi connectivity index (χ4n) is 3.23. The normalized spacial score (nSPS) is 52.8. The number of aliphatic hydroxyl groups excluding tert-OH is 1. The molecule has 2 rings (SSSR count). The quantitative estimate of drug-likeness (QED) is 0.585. The maximum Gasteiger partial charge on any atom is 0.0917 e. The Labute approximate surface area is 74.8 Å². The van der Waals surface area contributed by atoms with Crippen molar-refractivity contribution >= 4 is 0 Å². The lowest BCUT2D eigenvalue weighted by atomic mass is 9.97. The molecule has 2 heterocycles. The molecule has 70 valence electrons. The summed E-state index contributed by atoms with van der Waals surface area (Å²) in [5, 5.41) is 9.61. The Kier molecular flexibility index (Phi) is 1.92. The van der Waals surface area contributed by atoms with Crippen molar-refractivity contribution in [1.29, 1.82) is 0 Å². The second kappa shape index (κ2) is 2.71. The third-order valence-corrected chi connectivity index (χ3v) is 4.27. The van der Waals surface area contributed by atoms with Crippen molar-refractivity contribution in [2.75, 3.05) is 13.6 Å².